The number of piperidine rings is 1. The summed E-state index contributed by atoms with van der Waals surface area (Å²) in [6.07, 6.45) is 2.36. The number of nitrogens with zero attached hydrogens (tertiary/aromatic N) is 2. The van der Waals surface area contributed by atoms with Crippen molar-refractivity contribution < 1.29 is 8.42 Å². The van der Waals surface area contributed by atoms with E-state index in [0.29, 0.717) is 16.6 Å². The fourth-order valence-corrected chi connectivity index (χ4v) is 4.17. The quantitative estimate of drug-likeness (QED) is 0.886. The van der Waals surface area contributed by atoms with E-state index in [4.69, 9.17) is 0 Å². The molecule has 0 spiro atoms. The molecule has 1 aromatic carbocycles. The summed E-state index contributed by atoms with van der Waals surface area (Å²) in [6.45, 7) is 2.90. The first kappa shape index (κ1) is 13.6. The fourth-order valence-electron chi connectivity index (χ4n) is 2.92. The highest BCUT2D eigenvalue weighted by molar-refractivity contribution is 7.90. The molecule has 0 saturated carbocycles. The Balaban J connectivity index is 1.83. The van der Waals surface area contributed by atoms with Crippen molar-refractivity contribution in [3.05, 3.63) is 29.8 Å². The average Bonchev–Trinajstić information content (AvgIpc) is 2.73. The average molecular weight is 293 g/mol. The molecule has 20 heavy (non-hydrogen) atoms. The molecule has 0 aromatic heterocycles. The third kappa shape index (κ3) is 2.45. The molecule has 0 bridgehead atoms. The van der Waals surface area contributed by atoms with Gasteiger partial charge in [-0.2, -0.15) is 8.42 Å². The molecule has 6 heteroatoms. The Kier molecular flexibility index (Phi) is 3.52. The summed E-state index contributed by atoms with van der Waals surface area (Å²) >= 11 is 0. The van der Waals surface area contributed by atoms with Crippen molar-refractivity contribution in [3.8, 4) is 0 Å². The number of sulfonamides is 1. The van der Waals surface area contributed by atoms with Crippen LogP contribution in [0.15, 0.2) is 33.6 Å². The van der Waals surface area contributed by atoms with E-state index < -0.39 is 10.0 Å². The first-order valence-electron chi connectivity index (χ1n) is 6.94. The van der Waals surface area contributed by atoms with Gasteiger partial charge in [-0.1, -0.05) is 12.1 Å². The minimum atomic E-state index is -3.51. The lowest BCUT2D eigenvalue weighted by atomic mass is 9.99. The molecule has 0 unspecified atom stereocenters. The van der Waals surface area contributed by atoms with Crippen LogP contribution in [0.1, 0.15) is 18.4 Å². The highest BCUT2D eigenvalue weighted by Gasteiger charge is 2.31. The number of rotatable bonds is 2. The van der Waals surface area contributed by atoms with E-state index in [0.717, 1.165) is 25.2 Å². The van der Waals surface area contributed by atoms with Crippen LogP contribution in [-0.2, 0) is 10.0 Å². The lowest BCUT2D eigenvalue weighted by Gasteiger charge is -2.28. The zero-order chi connectivity index (χ0) is 14.2. The zero-order valence-corrected chi connectivity index (χ0v) is 12.4. The Hall–Kier alpha value is -1.40. The summed E-state index contributed by atoms with van der Waals surface area (Å²) in [7, 11) is -1.59. The maximum absolute atomic E-state index is 12.0. The van der Waals surface area contributed by atoms with E-state index in [1.54, 1.807) is 12.1 Å². The summed E-state index contributed by atoms with van der Waals surface area (Å²) in [5.74, 6) is 1.12. The summed E-state index contributed by atoms with van der Waals surface area (Å²) < 4.78 is 28.0. The monoisotopic (exact) mass is 293 g/mol. The normalized spacial score (nSPS) is 24.1. The second kappa shape index (κ2) is 5.18. The molecule has 0 aliphatic carbocycles. The standard InChI is InChI=1S/C14H19N3O2S/c1-17(10-11-5-4-8-15-9-11)14-12-6-2-3-7-13(12)20(18,19)16-14/h2-3,6-7,11,15H,4-5,8-10H2,1H3/t11-/m0/s1. The molecule has 0 amide bonds. The highest BCUT2D eigenvalue weighted by atomic mass is 32.2. The largest absolute Gasteiger partial charge is 0.358 e. The second-order valence-corrected chi connectivity index (χ2v) is 7.05. The van der Waals surface area contributed by atoms with Gasteiger partial charge in [-0.25, -0.2) is 0 Å². The second-order valence-electron chi connectivity index (χ2n) is 5.48. The van der Waals surface area contributed by atoms with E-state index in [-0.39, 0.29) is 0 Å². The molecule has 0 radical (unpaired) electrons. The first-order chi connectivity index (χ1) is 9.58. The molecule has 1 atom stereocenters. The molecule has 1 fully saturated rings. The summed E-state index contributed by atoms with van der Waals surface area (Å²) in [5, 5.41) is 3.38. The van der Waals surface area contributed by atoms with Gasteiger partial charge >= 0.3 is 0 Å². The Labute approximate surface area is 119 Å². The van der Waals surface area contributed by atoms with Crippen molar-refractivity contribution in [1.29, 1.82) is 0 Å². The first-order valence-corrected chi connectivity index (χ1v) is 8.38. The highest BCUT2D eigenvalue weighted by Crippen LogP contribution is 2.27. The Morgan fingerprint density at radius 1 is 1.40 bits per heavy atom. The van der Waals surface area contributed by atoms with Crippen LogP contribution in [0.5, 0.6) is 0 Å². The van der Waals surface area contributed by atoms with Crippen LogP contribution >= 0.6 is 0 Å². The van der Waals surface area contributed by atoms with Gasteiger partial charge in [-0.15, -0.1) is 4.40 Å². The number of fused-ring (bicyclic) bond motifs is 1. The summed E-state index contributed by atoms with van der Waals surface area (Å²) in [6, 6.07) is 7.04. The number of nitrogens with one attached hydrogen (secondary N) is 1. The van der Waals surface area contributed by atoms with Crippen LogP contribution < -0.4 is 5.32 Å². The number of hydrogen-bond acceptors (Lipinski definition) is 4. The zero-order valence-electron chi connectivity index (χ0n) is 11.5. The van der Waals surface area contributed by atoms with Crippen LogP contribution in [0.4, 0.5) is 0 Å². The van der Waals surface area contributed by atoms with Gasteiger partial charge in [-0.05, 0) is 44.0 Å². The lowest BCUT2D eigenvalue weighted by Crippen LogP contribution is -2.39. The van der Waals surface area contributed by atoms with Crippen molar-refractivity contribution in [1.82, 2.24) is 10.2 Å². The molecule has 1 N–H and O–H groups in total. The Bertz CT molecular complexity index is 634. The van der Waals surface area contributed by atoms with E-state index >= 15 is 0 Å². The summed E-state index contributed by atoms with van der Waals surface area (Å²) in [5.41, 5.74) is 0.721. The van der Waals surface area contributed by atoms with Crippen molar-refractivity contribution >= 4 is 15.9 Å². The van der Waals surface area contributed by atoms with Crippen LogP contribution in [0.2, 0.25) is 0 Å². The molecule has 1 saturated heterocycles. The van der Waals surface area contributed by atoms with Gasteiger partial charge in [0.2, 0.25) is 0 Å². The molecular weight excluding hydrogens is 274 g/mol. The van der Waals surface area contributed by atoms with Crippen molar-refractivity contribution in [3.63, 3.8) is 0 Å². The van der Waals surface area contributed by atoms with Gasteiger partial charge in [0.1, 0.15) is 4.90 Å². The van der Waals surface area contributed by atoms with Crippen LogP contribution in [0.25, 0.3) is 0 Å². The number of hydrogen-bond donors (Lipinski definition) is 1. The lowest BCUT2D eigenvalue weighted by molar-refractivity contribution is 0.312. The molecule has 108 valence electrons. The predicted octanol–water partition coefficient (Wildman–Crippen LogP) is 1.07. The van der Waals surface area contributed by atoms with Gasteiger partial charge < -0.3 is 10.2 Å². The molecule has 5 nitrogen and oxygen atoms in total. The maximum atomic E-state index is 12.0. The molecule has 2 aliphatic rings. The predicted molar refractivity (Wildman–Crippen MR) is 78.4 cm³/mol. The van der Waals surface area contributed by atoms with Crippen LogP contribution in [-0.4, -0.2) is 45.8 Å². The maximum Gasteiger partial charge on any atom is 0.285 e. The number of amidine groups is 1. The van der Waals surface area contributed by atoms with Gasteiger partial charge in [0, 0.05) is 19.2 Å². The molecular formula is C14H19N3O2S. The van der Waals surface area contributed by atoms with Gasteiger partial charge in [0.25, 0.3) is 10.0 Å². The van der Waals surface area contributed by atoms with Crippen molar-refractivity contribution in [2.45, 2.75) is 17.7 Å². The third-order valence-electron chi connectivity index (χ3n) is 3.91. The van der Waals surface area contributed by atoms with E-state index in [9.17, 15) is 8.42 Å². The molecule has 2 aliphatic heterocycles. The van der Waals surface area contributed by atoms with E-state index in [1.807, 2.05) is 24.1 Å². The smallest absolute Gasteiger partial charge is 0.285 e. The Morgan fingerprint density at radius 2 is 2.20 bits per heavy atom. The molecule has 2 heterocycles. The van der Waals surface area contributed by atoms with E-state index in [1.165, 1.54) is 12.8 Å². The van der Waals surface area contributed by atoms with Gasteiger partial charge in [-0.3, -0.25) is 0 Å². The van der Waals surface area contributed by atoms with Gasteiger partial charge in [0.05, 0.1) is 0 Å². The third-order valence-corrected chi connectivity index (χ3v) is 5.23. The van der Waals surface area contributed by atoms with Gasteiger partial charge in [0.15, 0.2) is 5.84 Å². The molecule has 1 aromatic rings. The Morgan fingerprint density at radius 3 is 2.95 bits per heavy atom. The minimum absolute atomic E-state index is 0.323. The SMILES string of the molecule is CN(C[C@H]1CCCNC1)C1=NS(=O)(=O)c2ccccc21. The fraction of sp³-hybridized carbons (Fsp3) is 0.500. The van der Waals surface area contributed by atoms with Crippen molar-refractivity contribution in [2.75, 3.05) is 26.7 Å². The van der Waals surface area contributed by atoms with Crippen molar-refractivity contribution in [2.24, 2.45) is 10.3 Å². The topological polar surface area (TPSA) is 61.8 Å². The summed E-state index contributed by atoms with van der Waals surface area (Å²) in [4.78, 5) is 2.30. The van der Waals surface area contributed by atoms with E-state index in [2.05, 4.69) is 9.71 Å². The molecule has 3 rings (SSSR count). The van der Waals surface area contributed by atoms with Crippen LogP contribution in [0.3, 0.4) is 0 Å². The van der Waals surface area contributed by atoms with Crippen LogP contribution in [0, 0.1) is 5.92 Å². The minimum Gasteiger partial charge on any atom is -0.358 e. The number of benzene rings is 1.